The first-order valence-corrected chi connectivity index (χ1v) is 13.8. The first-order chi connectivity index (χ1) is 14.1. The van der Waals surface area contributed by atoms with Gasteiger partial charge in [0.05, 0.1) is 27.7 Å². The molecule has 0 aliphatic rings. The van der Waals surface area contributed by atoms with Gasteiger partial charge in [-0.05, 0) is 46.7 Å². The molecule has 0 aliphatic carbocycles. The van der Waals surface area contributed by atoms with Crippen LogP contribution in [0.5, 0.6) is 0 Å². The second kappa shape index (κ2) is 15.0. The van der Waals surface area contributed by atoms with E-state index in [1.165, 1.54) is 48.5 Å². The zero-order valence-corrected chi connectivity index (χ0v) is 22.3. The highest BCUT2D eigenvalue weighted by Gasteiger charge is 2.18. The predicted octanol–water partition coefficient (Wildman–Crippen LogP) is 6.11. The van der Waals surface area contributed by atoms with Crippen LogP contribution in [0.2, 0.25) is 0 Å². The average Bonchev–Trinajstić information content (AvgIpc) is 2.66. The van der Waals surface area contributed by atoms with Gasteiger partial charge in [-0.15, -0.1) is 0 Å². The quantitative estimate of drug-likeness (QED) is 0.101. The van der Waals surface area contributed by atoms with Crippen LogP contribution in [-0.4, -0.2) is 45.4 Å². The highest BCUT2D eigenvalue weighted by molar-refractivity contribution is 14.1. The molecule has 1 aromatic rings. The molecule has 0 heterocycles. The minimum Gasteiger partial charge on any atom is -0.756 e. The van der Waals surface area contributed by atoms with Crippen molar-refractivity contribution in [1.82, 2.24) is 0 Å². The molecule has 0 saturated heterocycles. The Hall–Kier alpha value is 0.0200. The first-order valence-electron chi connectivity index (χ1n) is 11.3. The number of nitrogens with zero attached hydrogens (tertiary/aromatic N) is 1. The number of hydrogen-bond acceptors (Lipinski definition) is 4. The minimum absolute atomic E-state index is 0.0614. The predicted molar refractivity (Wildman–Crippen MR) is 132 cm³/mol. The van der Waals surface area contributed by atoms with Gasteiger partial charge in [0.25, 0.3) is 7.82 Å². The van der Waals surface area contributed by atoms with Gasteiger partial charge in [-0.1, -0.05) is 70.4 Å². The van der Waals surface area contributed by atoms with Crippen LogP contribution in [0.25, 0.3) is 0 Å². The molecule has 0 spiro atoms. The van der Waals surface area contributed by atoms with E-state index in [-0.39, 0.29) is 19.1 Å². The number of hydrogen-bond donors (Lipinski definition) is 0. The third kappa shape index (κ3) is 14.2. The number of likely N-dealkylation sites (N-methyl/N-ethyl adjacent to an activating group) is 1. The van der Waals surface area contributed by atoms with Crippen LogP contribution in [0.1, 0.15) is 76.2 Å². The van der Waals surface area contributed by atoms with Gasteiger partial charge < -0.3 is 18.4 Å². The summed E-state index contributed by atoms with van der Waals surface area (Å²) in [5.74, 6) is 0.0614. The highest BCUT2D eigenvalue weighted by atomic mass is 127. The van der Waals surface area contributed by atoms with Gasteiger partial charge >= 0.3 is 0 Å². The maximum Gasteiger partial charge on any atom is 0.268 e. The van der Waals surface area contributed by atoms with Gasteiger partial charge in [0.15, 0.2) is 0 Å². The monoisotopic (exact) mass is 553 g/mol. The van der Waals surface area contributed by atoms with E-state index in [2.05, 4.69) is 53.8 Å². The van der Waals surface area contributed by atoms with E-state index in [9.17, 15) is 9.46 Å². The molecule has 7 heteroatoms. The second-order valence-electron chi connectivity index (χ2n) is 9.10. The third-order valence-electron chi connectivity index (χ3n) is 5.19. The lowest BCUT2D eigenvalue weighted by molar-refractivity contribution is -0.870. The number of quaternary nitrogens is 1. The van der Waals surface area contributed by atoms with Crippen LogP contribution in [0.15, 0.2) is 24.3 Å². The van der Waals surface area contributed by atoms with Crippen molar-refractivity contribution in [3.63, 3.8) is 0 Å². The Labute approximate surface area is 197 Å². The smallest absolute Gasteiger partial charge is 0.268 e. The molecule has 0 amide bonds. The van der Waals surface area contributed by atoms with Crippen molar-refractivity contribution in [3.05, 3.63) is 33.4 Å². The van der Waals surface area contributed by atoms with Crippen LogP contribution in [0, 0.1) is 3.57 Å². The highest BCUT2D eigenvalue weighted by Crippen LogP contribution is 2.40. The van der Waals surface area contributed by atoms with E-state index in [4.69, 9.17) is 9.05 Å². The summed E-state index contributed by atoms with van der Waals surface area (Å²) in [4.78, 5) is 12.2. The van der Waals surface area contributed by atoms with Crippen molar-refractivity contribution in [2.75, 3.05) is 40.9 Å². The van der Waals surface area contributed by atoms with Gasteiger partial charge in [-0.2, -0.15) is 0 Å². The minimum atomic E-state index is -4.28. The van der Waals surface area contributed by atoms with Gasteiger partial charge in [-0.25, -0.2) is 0 Å². The molecule has 30 heavy (non-hydrogen) atoms. The number of phosphoric ester groups is 1. The maximum atomic E-state index is 12.2. The fourth-order valence-electron chi connectivity index (χ4n) is 3.25. The molecule has 2 unspecified atom stereocenters. The first kappa shape index (κ1) is 28.1. The lowest BCUT2D eigenvalue weighted by atomic mass is 9.93. The summed E-state index contributed by atoms with van der Waals surface area (Å²) in [6.07, 6.45) is 11.0. The number of benzene rings is 1. The van der Waals surface area contributed by atoms with Crippen molar-refractivity contribution in [2.45, 2.75) is 70.6 Å². The Kier molecular flexibility index (Phi) is 14.0. The zero-order chi connectivity index (χ0) is 22.5. The molecule has 0 N–H and O–H groups in total. The summed E-state index contributed by atoms with van der Waals surface area (Å²) < 4.78 is 24.3. The maximum absolute atomic E-state index is 12.2. The van der Waals surface area contributed by atoms with Crippen molar-refractivity contribution < 1.29 is 23.0 Å². The number of halogens is 1. The summed E-state index contributed by atoms with van der Waals surface area (Å²) in [6, 6.07) is 8.28. The SMILES string of the molecule is CCCCCCCCCCC(COP(=O)([O-])OCC[N+](C)(C)C)c1ccc(I)cc1. The molecule has 0 bridgehead atoms. The van der Waals surface area contributed by atoms with E-state index in [1.807, 2.05) is 21.1 Å². The molecular formula is C23H41INO4P. The van der Waals surface area contributed by atoms with E-state index >= 15 is 0 Å². The Morgan fingerprint density at radius 1 is 0.967 bits per heavy atom. The van der Waals surface area contributed by atoms with Crippen molar-refractivity contribution in [1.29, 1.82) is 0 Å². The van der Waals surface area contributed by atoms with Gasteiger partial charge in [0.1, 0.15) is 13.2 Å². The summed E-state index contributed by atoms with van der Waals surface area (Å²) in [5, 5.41) is 0. The van der Waals surface area contributed by atoms with Gasteiger partial charge in [0.2, 0.25) is 0 Å². The Balaban J connectivity index is 2.50. The van der Waals surface area contributed by atoms with E-state index in [1.54, 1.807) is 0 Å². The Morgan fingerprint density at radius 3 is 2.10 bits per heavy atom. The molecule has 0 fully saturated rings. The molecule has 0 saturated carbocycles. The Morgan fingerprint density at radius 2 is 1.53 bits per heavy atom. The van der Waals surface area contributed by atoms with Crippen molar-refractivity contribution in [3.8, 4) is 0 Å². The lowest BCUT2D eigenvalue weighted by Gasteiger charge is -2.28. The Bertz CT molecular complexity index is 619. The third-order valence-corrected chi connectivity index (χ3v) is 6.88. The molecule has 0 radical (unpaired) electrons. The summed E-state index contributed by atoms with van der Waals surface area (Å²) in [6.45, 7) is 3.12. The number of rotatable bonds is 17. The lowest BCUT2D eigenvalue weighted by Crippen LogP contribution is -2.37. The second-order valence-corrected chi connectivity index (χ2v) is 11.8. The molecule has 0 aliphatic heterocycles. The van der Waals surface area contributed by atoms with Crippen LogP contribution < -0.4 is 4.89 Å². The van der Waals surface area contributed by atoms with E-state index in [0.717, 1.165) is 18.4 Å². The molecule has 0 aromatic heterocycles. The summed E-state index contributed by atoms with van der Waals surface area (Å²) in [5.41, 5.74) is 1.13. The zero-order valence-electron chi connectivity index (χ0n) is 19.3. The standard InChI is InChI=1S/C23H41INO4P/c1-5-6-7-8-9-10-11-12-13-22(21-14-16-23(24)17-15-21)20-29-30(26,27)28-19-18-25(2,3)4/h14-17,22H,5-13,18-20H2,1-4H3. The largest absolute Gasteiger partial charge is 0.756 e. The number of unbranched alkanes of at least 4 members (excludes halogenated alkanes) is 7. The summed E-state index contributed by atoms with van der Waals surface area (Å²) in [7, 11) is 1.71. The van der Waals surface area contributed by atoms with E-state index in [0.29, 0.717) is 11.0 Å². The molecule has 1 aromatic carbocycles. The van der Waals surface area contributed by atoms with E-state index < -0.39 is 7.82 Å². The van der Waals surface area contributed by atoms with Crippen molar-refractivity contribution >= 4 is 30.4 Å². The van der Waals surface area contributed by atoms with Crippen LogP contribution in [0.3, 0.4) is 0 Å². The summed E-state index contributed by atoms with van der Waals surface area (Å²) >= 11 is 2.28. The fraction of sp³-hybridized carbons (Fsp3) is 0.739. The van der Waals surface area contributed by atoms with Crippen LogP contribution in [0.4, 0.5) is 0 Å². The number of phosphoric acid groups is 1. The fourth-order valence-corrected chi connectivity index (χ4v) is 4.35. The molecule has 174 valence electrons. The van der Waals surface area contributed by atoms with Crippen LogP contribution >= 0.6 is 30.4 Å². The van der Waals surface area contributed by atoms with Gasteiger partial charge in [-0.3, -0.25) is 4.57 Å². The van der Waals surface area contributed by atoms with Crippen molar-refractivity contribution in [2.24, 2.45) is 0 Å². The van der Waals surface area contributed by atoms with Gasteiger partial charge in [0, 0.05) is 9.49 Å². The molecule has 2 atom stereocenters. The van der Waals surface area contributed by atoms with Crippen LogP contribution in [-0.2, 0) is 13.6 Å². The molecule has 1 rings (SSSR count). The molecule has 5 nitrogen and oxygen atoms in total. The molecular weight excluding hydrogens is 512 g/mol. The normalized spacial score (nSPS) is 15.1. The topological polar surface area (TPSA) is 58.6 Å². The average molecular weight is 553 g/mol.